The number of hydrogen-bond acceptors (Lipinski definition) is 4. The number of rotatable bonds is 8. The summed E-state index contributed by atoms with van der Waals surface area (Å²) in [5.41, 5.74) is 7.50. The van der Waals surface area contributed by atoms with Crippen molar-refractivity contribution in [3.05, 3.63) is 52.1 Å². The third-order valence-corrected chi connectivity index (χ3v) is 6.20. The minimum absolute atomic E-state index is 0.205. The van der Waals surface area contributed by atoms with E-state index in [-0.39, 0.29) is 6.04 Å². The molecule has 1 aliphatic heterocycles. The van der Waals surface area contributed by atoms with Crippen LogP contribution in [0.15, 0.2) is 40.3 Å². The van der Waals surface area contributed by atoms with Gasteiger partial charge in [0.1, 0.15) is 0 Å². The molecule has 0 spiro atoms. The van der Waals surface area contributed by atoms with Crippen LogP contribution in [0.1, 0.15) is 64.8 Å². The van der Waals surface area contributed by atoms with E-state index in [1.807, 2.05) is 19.5 Å². The number of pyridine rings is 1. The van der Waals surface area contributed by atoms with Gasteiger partial charge < -0.3 is 10.6 Å². The number of allylic oxidation sites excluding steroid dienone is 2. The lowest BCUT2D eigenvalue weighted by Crippen LogP contribution is -2.33. The van der Waals surface area contributed by atoms with Crippen LogP contribution in [0.3, 0.4) is 0 Å². The molecular weight excluding hydrogens is 344 g/mol. The fraction of sp³-hybridized carbons (Fsp3) is 0.583. The van der Waals surface area contributed by atoms with Crippen molar-refractivity contribution in [2.45, 2.75) is 73.9 Å². The molecule has 0 aromatic carbocycles. The van der Waals surface area contributed by atoms with Crippen molar-refractivity contribution in [1.82, 2.24) is 15.6 Å². The summed E-state index contributed by atoms with van der Waals surface area (Å²) < 4.78 is 0. The molecule has 0 saturated carbocycles. The molecule has 2 rings (SSSR count). The molecule has 1 aliphatic rings. The Morgan fingerprint density at radius 1 is 1.29 bits per heavy atom. The first kappa shape index (κ1) is 22.4. The Hall–Kier alpha value is -1.94. The molecule has 28 heavy (non-hydrogen) atoms. The molecule has 1 aromatic rings. The average Bonchev–Trinajstić information content (AvgIpc) is 2.62. The lowest BCUT2D eigenvalue weighted by molar-refractivity contribution is 0.229. The van der Waals surface area contributed by atoms with Gasteiger partial charge in [0.15, 0.2) is 0 Å². The molecule has 0 radical (unpaired) electrons. The summed E-state index contributed by atoms with van der Waals surface area (Å²) in [6.07, 6.45) is 8.36. The first-order valence-electron chi connectivity index (χ1n) is 10.4. The van der Waals surface area contributed by atoms with Gasteiger partial charge in [-0.25, -0.2) is 0 Å². The number of nitrogens with zero attached hydrogens (tertiary/aromatic N) is 2. The van der Waals surface area contributed by atoms with Gasteiger partial charge in [0.2, 0.25) is 0 Å². The van der Waals surface area contributed by atoms with Crippen LogP contribution in [-0.4, -0.2) is 24.3 Å². The van der Waals surface area contributed by atoms with E-state index in [0.29, 0.717) is 17.9 Å². The smallest absolute Gasteiger partial charge is 0.0654 e. The summed E-state index contributed by atoms with van der Waals surface area (Å²) in [6.45, 7) is 16.3. The zero-order valence-electron chi connectivity index (χ0n) is 19.0. The Morgan fingerprint density at radius 2 is 2.00 bits per heavy atom. The van der Waals surface area contributed by atoms with Crippen LogP contribution < -0.4 is 10.6 Å². The minimum Gasteiger partial charge on any atom is -0.363 e. The Bertz CT molecular complexity index is 769. The van der Waals surface area contributed by atoms with Crippen LogP contribution in [0.5, 0.6) is 0 Å². The molecular formula is C24H38N4. The third kappa shape index (κ3) is 5.78. The van der Waals surface area contributed by atoms with E-state index in [1.165, 1.54) is 22.5 Å². The maximum absolute atomic E-state index is 4.74. The normalized spacial score (nSPS) is 18.0. The Kier molecular flexibility index (Phi) is 7.59. The highest BCUT2D eigenvalue weighted by Crippen LogP contribution is 2.31. The molecule has 0 saturated heterocycles. The van der Waals surface area contributed by atoms with Crippen molar-refractivity contribution in [3.8, 4) is 0 Å². The standard InChI is InChI=1S/C24H38N4/c1-16(2)24(6,7)10-9-22-17(3)11-20(14-27-22)13-26-15-21-19(5)28-18(4)12-23(21)25-8/h11-12,14-16,23,25,28H,9-10,13H2,1-8H3. The largest absolute Gasteiger partial charge is 0.363 e. The molecule has 0 amide bonds. The van der Waals surface area contributed by atoms with Crippen LogP contribution in [0.2, 0.25) is 0 Å². The van der Waals surface area contributed by atoms with Crippen LogP contribution in [-0.2, 0) is 13.0 Å². The number of hydrogen-bond donors (Lipinski definition) is 2. The fourth-order valence-corrected chi connectivity index (χ4v) is 3.39. The highest BCUT2D eigenvalue weighted by atomic mass is 15.0. The van der Waals surface area contributed by atoms with Crippen LogP contribution in [0.4, 0.5) is 0 Å². The summed E-state index contributed by atoms with van der Waals surface area (Å²) >= 11 is 0. The highest BCUT2D eigenvalue weighted by molar-refractivity contribution is 5.82. The highest BCUT2D eigenvalue weighted by Gasteiger charge is 2.22. The molecule has 2 heterocycles. The third-order valence-electron chi connectivity index (χ3n) is 6.20. The second-order valence-corrected chi connectivity index (χ2v) is 9.04. The quantitative estimate of drug-likeness (QED) is 0.626. The monoisotopic (exact) mass is 382 g/mol. The van der Waals surface area contributed by atoms with Gasteiger partial charge in [-0.1, -0.05) is 33.8 Å². The molecule has 1 aromatic heterocycles. The number of aryl methyl sites for hydroxylation is 2. The number of aromatic nitrogens is 1. The fourth-order valence-electron chi connectivity index (χ4n) is 3.39. The minimum atomic E-state index is 0.205. The van der Waals surface area contributed by atoms with E-state index in [1.54, 1.807) is 0 Å². The zero-order chi connectivity index (χ0) is 20.9. The summed E-state index contributed by atoms with van der Waals surface area (Å²) in [5, 5.41) is 6.73. The van der Waals surface area contributed by atoms with Gasteiger partial charge >= 0.3 is 0 Å². The van der Waals surface area contributed by atoms with Gasteiger partial charge in [-0.3, -0.25) is 9.98 Å². The van der Waals surface area contributed by atoms with Gasteiger partial charge in [-0.2, -0.15) is 0 Å². The SMILES string of the molecule is CNC1C=C(C)NC(C)=C1C=NCc1cnc(CCC(C)(C)C(C)C)c(C)c1. The summed E-state index contributed by atoms with van der Waals surface area (Å²) in [5.74, 6) is 0.675. The lowest BCUT2D eigenvalue weighted by atomic mass is 9.77. The summed E-state index contributed by atoms with van der Waals surface area (Å²) in [4.78, 5) is 9.43. The number of likely N-dealkylation sites (N-methyl/N-ethyl adjacent to an activating group) is 1. The van der Waals surface area contributed by atoms with E-state index in [4.69, 9.17) is 4.98 Å². The Balaban J connectivity index is 2.01. The first-order valence-corrected chi connectivity index (χ1v) is 10.4. The molecule has 1 unspecified atom stereocenters. The second-order valence-electron chi connectivity index (χ2n) is 9.04. The molecule has 0 fully saturated rings. The molecule has 0 aliphatic carbocycles. The van der Waals surface area contributed by atoms with Crippen LogP contribution in [0.25, 0.3) is 0 Å². The summed E-state index contributed by atoms with van der Waals surface area (Å²) in [6, 6.07) is 2.44. The van der Waals surface area contributed by atoms with Crippen LogP contribution in [0, 0.1) is 18.3 Å². The van der Waals surface area contributed by atoms with Crippen molar-refractivity contribution in [3.63, 3.8) is 0 Å². The Labute approximate surface area is 171 Å². The van der Waals surface area contributed by atoms with E-state index in [9.17, 15) is 0 Å². The van der Waals surface area contributed by atoms with E-state index in [2.05, 4.69) is 76.2 Å². The molecule has 2 N–H and O–H groups in total. The van der Waals surface area contributed by atoms with Gasteiger partial charge in [-0.15, -0.1) is 0 Å². The molecule has 4 nitrogen and oxygen atoms in total. The van der Waals surface area contributed by atoms with Gasteiger partial charge in [0, 0.05) is 35.1 Å². The van der Waals surface area contributed by atoms with Crippen LogP contribution >= 0.6 is 0 Å². The summed E-state index contributed by atoms with van der Waals surface area (Å²) in [7, 11) is 1.98. The number of aliphatic imine (C=N–C) groups is 1. The first-order chi connectivity index (χ1) is 13.1. The average molecular weight is 383 g/mol. The topological polar surface area (TPSA) is 49.3 Å². The van der Waals surface area contributed by atoms with Crippen molar-refractivity contribution in [2.24, 2.45) is 16.3 Å². The molecule has 4 heteroatoms. The van der Waals surface area contributed by atoms with Crippen molar-refractivity contribution < 1.29 is 0 Å². The number of dihydropyridines is 1. The number of nitrogens with one attached hydrogen (secondary N) is 2. The molecule has 1 atom stereocenters. The van der Waals surface area contributed by atoms with E-state index in [0.717, 1.165) is 24.1 Å². The maximum Gasteiger partial charge on any atom is 0.0654 e. The predicted molar refractivity (Wildman–Crippen MR) is 121 cm³/mol. The van der Waals surface area contributed by atoms with Crippen molar-refractivity contribution >= 4 is 6.21 Å². The molecule has 154 valence electrons. The van der Waals surface area contributed by atoms with Crippen molar-refractivity contribution in [1.29, 1.82) is 0 Å². The van der Waals surface area contributed by atoms with E-state index < -0.39 is 0 Å². The molecule has 0 bridgehead atoms. The van der Waals surface area contributed by atoms with Gasteiger partial charge in [0.25, 0.3) is 0 Å². The van der Waals surface area contributed by atoms with Crippen molar-refractivity contribution in [2.75, 3.05) is 7.05 Å². The van der Waals surface area contributed by atoms with Gasteiger partial charge in [-0.05, 0) is 69.2 Å². The lowest BCUT2D eigenvalue weighted by Gasteiger charge is -2.29. The second kappa shape index (κ2) is 9.51. The van der Waals surface area contributed by atoms with E-state index >= 15 is 0 Å². The van der Waals surface area contributed by atoms with Gasteiger partial charge in [0.05, 0.1) is 12.6 Å². The Morgan fingerprint density at radius 3 is 2.61 bits per heavy atom. The zero-order valence-corrected chi connectivity index (χ0v) is 19.0. The predicted octanol–water partition coefficient (Wildman–Crippen LogP) is 4.94. The maximum atomic E-state index is 4.74.